The van der Waals surface area contributed by atoms with Gasteiger partial charge in [-0.05, 0) is 19.4 Å². The van der Waals surface area contributed by atoms with Crippen LogP contribution in [0.4, 0.5) is 5.69 Å². The fourth-order valence-electron chi connectivity index (χ4n) is 1.98. The molecule has 1 atom stereocenters. The van der Waals surface area contributed by atoms with Crippen LogP contribution >= 0.6 is 15.9 Å². The van der Waals surface area contributed by atoms with E-state index in [9.17, 15) is 23.3 Å². The smallest absolute Gasteiger partial charge is 0.323 e. The second-order valence-corrected chi connectivity index (χ2v) is 7.23. The number of carbonyl (C=O) groups is 1. The van der Waals surface area contributed by atoms with Crippen molar-refractivity contribution in [3.8, 4) is 0 Å². The van der Waals surface area contributed by atoms with E-state index in [4.69, 9.17) is 0 Å². The topological polar surface area (TPSA) is 107 Å². The molecule has 0 spiro atoms. The van der Waals surface area contributed by atoms with E-state index in [0.717, 1.165) is 23.5 Å². The molecule has 0 bridgehead atoms. The lowest BCUT2D eigenvalue weighted by atomic mass is 10.3. The Morgan fingerprint density at radius 1 is 1.43 bits per heavy atom. The molecule has 1 aromatic rings. The molecule has 0 unspecified atom stereocenters. The molecule has 0 aliphatic rings. The molecule has 0 heterocycles. The van der Waals surface area contributed by atoms with E-state index in [1.54, 1.807) is 0 Å². The highest BCUT2D eigenvalue weighted by atomic mass is 79.9. The predicted octanol–water partition coefficient (Wildman–Crippen LogP) is 1.93. The van der Waals surface area contributed by atoms with Crippen LogP contribution in [0.1, 0.15) is 13.3 Å². The maximum absolute atomic E-state index is 12.8. The van der Waals surface area contributed by atoms with Crippen molar-refractivity contribution < 1.29 is 22.9 Å². The van der Waals surface area contributed by atoms with Crippen molar-refractivity contribution in [1.29, 1.82) is 0 Å². The lowest BCUT2D eigenvalue weighted by Crippen LogP contribution is -2.44. The number of nitro groups is 1. The van der Waals surface area contributed by atoms with Gasteiger partial charge in [0.05, 0.1) is 12.0 Å². The summed E-state index contributed by atoms with van der Waals surface area (Å²) in [7, 11) is -3.08. The summed E-state index contributed by atoms with van der Waals surface area (Å²) in [5, 5.41) is 11.6. The van der Waals surface area contributed by atoms with Gasteiger partial charge in [0.1, 0.15) is 6.04 Å². The number of nitro benzene ring substituents is 1. The lowest BCUT2D eigenvalue weighted by Gasteiger charge is -2.26. The van der Waals surface area contributed by atoms with Gasteiger partial charge in [0, 0.05) is 17.9 Å². The summed E-state index contributed by atoms with van der Waals surface area (Å²) in [5.74, 6) is -0.735. The van der Waals surface area contributed by atoms with Crippen molar-refractivity contribution in [2.24, 2.45) is 0 Å². The number of methoxy groups -OCH3 is 1. The number of para-hydroxylation sites is 1. The van der Waals surface area contributed by atoms with Gasteiger partial charge in [-0.3, -0.25) is 14.9 Å². The number of benzene rings is 1. The molecule has 23 heavy (non-hydrogen) atoms. The molecule has 8 nitrogen and oxygen atoms in total. The van der Waals surface area contributed by atoms with E-state index in [2.05, 4.69) is 20.7 Å². The third-order valence-corrected chi connectivity index (χ3v) is 5.71. The highest BCUT2D eigenvalue weighted by Crippen LogP contribution is 2.27. The standard InChI is InChI=1S/C13H17BrN2O6S/c1-10(13(17)22-2)15(9-5-8-14)23(20,21)12-7-4-3-6-11(12)16(18)19/h3-4,6-7,10H,5,8-9H2,1-2H3/t10-/m0/s1. The molecule has 1 aromatic carbocycles. The molecule has 0 aromatic heterocycles. The first-order chi connectivity index (χ1) is 10.8. The summed E-state index contributed by atoms with van der Waals surface area (Å²) in [4.78, 5) is 21.6. The van der Waals surface area contributed by atoms with Crippen LogP contribution in [0, 0.1) is 10.1 Å². The molecule has 0 aliphatic carbocycles. The van der Waals surface area contributed by atoms with Crippen molar-refractivity contribution in [2.75, 3.05) is 19.0 Å². The van der Waals surface area contributed by atoms with Gasteiger partial charge in [0.2, 0.25) is 0 Å². The number of hydrogen-bond donors (Lipinski definition) is 0. The van der Waals surface area contributed by atoms with E-state index in [0.29, 0.717) is 11.8 Å². The van der Waals surface area contributed by atoms with Gasteiger partial charge in [-0.15, -0.1) is 0 Å². The molecule has 0 N–H and O–H groups in total. The van der Waals surface area contributed by atoms with Gasteiger partial charge in [0.25, 0.3) is 15.7 Å². The first-order valence-corrected chi connectivity index (χ1v) is 9.22. The number of ether oxygens (including phenoxy) is 1. The first kappa shape index (κ1) is 19.5. The Labute approximate surface area is 142 Å². The minimum Gasteiger partial charge on any atom is -0.468 e. The fourth-order valence-corrected chi connectivity index (χ4v) is 4.01. The highest BCUT2D eigenvalue weighted by molar-refractivity contribution is 9.09. The Hall–Kier alpha value is -1.52. The molecule has 0 aliphatic heterocycles. The normalized spacial score (nSPS) is 12.9. The van der Waals surface area contributed by atoms with Crippen LogP contribution in [0.3, 0.4) is 0 Å². The molecular weight excluding hydrogens is 392 g/mol. The molecule has 0 radical (unpaired) electrons. The van der Waals surface area contributed by atoms with Crippen molar-refractivity contribution in [1.82, 2.24) is 4.31 Å². The van der Waals surface area contributed by atoms with Crippen LogP contribution in [0.2, 0.25) is 0 Å². The van der Waals surface area contributed by atoms with Crippen LogP contribution in [0.25, 0.3) is 0 Å². The van der Waals surface area contributed by atoms with Gasteiger partial charge >= 0.3 is 5.97 Å². The Morgan fingerprint density at radius 2 is 2.04 bits per heavy atom. The Kier molecular flexibility index (Phi) is 7.10. The molecule has 0 amide bonds. The molecule has 0 fully saturated rings. The van der Waals surface area contributed by atoms with Gasteiger partial charge < -0.3 is 4.74 Å². The minimum atomic E-state index is -4.23. The van der Waals surface area contributed by atoms with Crippen LogP contribution in [0.15, 0.2) is 29.2 Å². The number of rotatable bonds is 8. The first-order valence-electron chi connectivity index (χ1n) is 6.66. The summed E-state index contributed by atoms with van der Waals surface area (Å²) in [5.41, 5.74) is -0.534. The minimum absolute atomic E-state index is 0.0237. The Morgan fingerprint density at radius 3 is 2.57 bits per heavy atom. The van der Waals surface area contributed by atoms with E-state index >= 15 is 0 Å². The molecular formula is C13H17BrN2O6S. The zero-order valence-corrected chi connectivity index (χ0v) is 15.0. The van der Waals surface area contributed by atoms with E-state index in [1.165, 1.54) is 19.1 Å². The zero-order chi connectivity index (χ0) is 17.6. The zero-order valence-electron chi connectivity index (χ0n) is 12.6. The lowest BCUT2D eigenvalue weighted by molar-refractivity contribution is -0.387. The number of carbonyl (C=O) groups excluding carboxylic acids is 1. The van der Waals surface area contributed by atoms with Crippen molar-refractivity contribution in [2.45, 2.75) is 24.3 Å². The number of halogens is 1. The van der Waals surface area contributed by atoms with Crippen LogP contribution in [0.5, 0.6) is 0 Å². The number of alkyl halides is 1. The summed E-state index contributed by atoms with van der Waals surface area (Å²) in [6, 6.07) is 3.94. The summed E-state index contributed by atoms with van der Waals surface area (Å²) >= 11 is 3.20. The highest BCUT2D eigenvalue weighted by Gasteiger charge is 2.36. The molecule has 10 heteroatoms. The van der Waals surface area contributed by atoms with Gasteiger partial charge in [0.15, 0.2) is 4.90 Å². The summed E-state index contributed by atoms with van der Waals surface area (Å²) in [6.45, 7) is 1.41. The second-order valence-electron chi connectivity index (χ2n) is 4.58. The molecule has 128 valence electrons. The monoisotopic (exact) mass is 408 g/mol. The fraction of sp³-hybridized carbons (Fsp3) is 0.462. The molecule has 1 rings (SSSR count). The number of sulfonamides is 1. The second kappa shape index (κ2) is 8.37. The number of esters is 1. The number of nitrogens with zero attached hydrogens (tertiary/aromatic N) is 2. The van der Waals surface area contributed by atoms with Crippen LogP contribution < -0.4 is 0 Å². The third kappa shape index (κ3) is 4.49. The predicted molar refractivity (Wildman–Crippen MR) is 86.9 cm³/mol. The van der Waals surface area contributed by atoms with Crippen molar-refractivity contribution >= 4 is 37.6 Å². The summed E-state index contributed by atoms with van der Waals surface area (Å²) in [6.07, 6.45) is 0.432. The molecule has 0 saturated carbocycles. The molecule has 0 saturated heterocycles. The van der Waals surface area contributed by atoms with Gasteiger partial charge in [-0.1, -0.05) is 28.1 Å². The van der Waals surface area contributed by atoms with Gasteiger partial charge in [-0.2, -0.15) is 4.31 Å². The van der Waals surface area contributed by atoms with Crippen molar-refractivity contribution in [3.63, 3.8) is 0 Å². The maximum Gasteiger partial charge on any atom is 0.323 e. The Balaban J connectivity index is 3.39. The van der Waals surface area contributed by atoms with Gasteiger partial charge in [-0.25, -0.2) is 8.42 Å². The number of hydrogen-bond acceptors (Lipinski definition) is 6. The van der Waals surface area contributed by atoms with Crippen LogP contribution in [-0.4, -0.2) is 48.6 Å². The quantitative estimate of drug-likeness (QED) is 0.281. The van der Waals surface area contributed by atoms with E-state index < -0.39 is 37.5 Å². The average molecular weight is 409 g/mol. The van der Waals surface area contributed by atoms with E-state index in [1.807, 2.05) is 0 Å². The maximum atomic E-state index is 12.8. The average Bonchev–Trinajstić information content (AvgIpc) is 2.53. The van der Waals surface area contributed by atoms with E-state index in [-0.39, 0.29) is 6.54 Å². The largest absolute Gasteiger partial charge is 0.468 e. The van der Waals surface area contributed by atoms with Crippen molar-refractivity contribution in [3.05, 3.63) is 34.4 Å². The van der Waals surface area contributed by atoms with Crippen LogP contribution in [-0.2, 0) is 19.6 Å². The Bertz CT molecular complexity index is 679. The third-order valence-electron chi connectivity index (χ3n) is 3.13. The summed E-state index contributed by atoms with van der Waals surface area (Å²) < 4.78 is 31.2. The SMILES string of the molecule is COC(=O)[C@H](C)N(CCCBr)S(=O)(=O)c1ccccc1[N+](=O)[O-].